The maximum Gasteiger partial charge on any atom is 0.227 e. The maximum atomic E-state index is 12.5. The van der Waals surface area contributed by atoms with Crippen LogP contribution in [0.15, 0.2) is 0 Å². The third-order valence-corrected chi connectivity index (χ3v) is 4.99. The lowest BCUT2D eigenvalue weighted by atomic mass is 10.1. The number of thiazole rings is 1. The summed E-state index contributed by atoms with van der Waals surface area (Å²) in [6, 6.07) is -0.275. The fourth-order valence-corrected chi connectivity index (χ4v) is 3.68. The number of rotatable bonds is 3. The van der Waals surface area contributed by atoms with Gasteiger partial charge in [0.2, 0.25) is 11.8 Å². The minimum Gasteiger partial charge on any atom is -0.391 e. The second kappa shape index (κ2) is 7.19. The Balaban J connectivity index is 1.96. The van der Waals surface area contributed by atoms with Gasteiger partial charge in [0.05, 0.1) is 29.3 Å². The molecular weight excluding hydrogens is 302 g/mol. The van der Waals surface area contributed by atoms with E-state index >= 15 is 0 Å². The highest BCUT2D eigenvalue weighted by Gasteiger charge is 2.27. The van der Waals surface area contributed by atoms with Crippen molar-refractivity contribution in [2.75, 3.05) is 13.1 Å². The normalized spacial score (nSPS) is 22.3. The molecule has 0 spiro atoms. The minimum atomic E-state index is -0.603. The number of aliphatic hydroxyl groups excluding tert-OH is 1. The van der Waals surface area contributed by atoms with Gasteiger partial charge < -0.3 is 15.3 Å². The van der Waals surface area contributed by atoms with Crippen molar-refractivity contribution in [1.29, 1.82) is 0 Å². The fraction of sp³-hybridized carbons (Fsp3) is 0.667. The predicted molar refractivity (Wildman–Crippen MR) is 84.7 cm³/mol. The van der Waals surface area contributed by atoms with Gasteiger partial charge in [-0.25, -0.2) is 4.98 Å². The molecule has 22 heavy (non-hydrogen) atoms. The van der Waals surface area contributed by atoms with Crippen LogP contribution in [-0.4, -0.2) is 52.0 Å². The van der Waals surface area contributed by atoms with E-state index in [-0.39, 0.29) is 17.9 Å². The first-order chi connectivity index (χ1) is 10.4. The molecule has 1 aromatic rings. The van der Waals surface area contributed by atoms with Gasteiger partial charge in [-0.1, -0.05) is 0 Å². The van der Waals surface area contributed by atoms with Crippen LogP contribution < -0.4 is 5.32 Å². The van der Waals surface area contributed by atoms with E-state index in [4.69, 9.17) is 0 Å². The van der Waals surface area contributed by atoms with Crippen LogP contribution in [0.2, 0.25) is 0 Å². The van der Waals surface area contributed by atoms with Crippen LogP contribution in [-0.2, 0) is 16.0 Å². The topological polar surface area (TPSA) is 82.5 Å². The van der Waals surface area contributed by atoms with Gasteiger partial charge in [-0.15, -0.1) is 11.3 Å². The van der Waals surface area contributed by atoms with Crippen LogP contribution in [0.3, 0.4) is 0 Å². The van der Waals surface area contributed by atoms with Crippen molar-refractivity contribution in [2.24, 2.45) is 0 Å². The van der Waals surface area contributed by atoms with Crippen molar-refractivity contribution < 1.29 is 14.7 Å². The predicted octanol–water partition coefficient (Wildman–Crippen LogP) is 0.790. The van der Waals surface area contributed by atoms with E-state index in [0.29, 0.717) is 32.4 Å². The first-order valence-corrected chi connectivity index (χ1v) is 8.34. The van der Waals surface area contributed by atoms with Crippen molar-refractivity contribution in [3.05, 3.63) is 15.6 Å². The molecule has 0 bridgehead atoms. The third-order valence-electron chi connectivity index (χ3n) is 3.92. The average Bonchev–Trinajstić information content (AvgIpc) is 2.63. The summed E-state index contributed by atoms with van der Waals surface area (Å²) in [4.78, 5) is 30.7. The van der Waals surface area contributed by atoms with Gasteiger partial charge >= 0.3 is 0 Å². The molecule has 7 heteroatoms. The molecule has 1 aliphatic heterocycles. The Bertz CT molecular complexity index is 558. The molecule has 1 aliphatic rings. The summed E-state index contributed by atoms with van der Waals surface area (Å²) >= 11 is 1.56. The second-order valence-corrected chi connectivity index (χ2v) is 7.04. The Morgan fingerprint density at radius 1 is 1.36 bits per heavy atom. The van der Waals surface area contributed by atoms with Gasteiger partial charge in [0.25, 0.3) is 0 Å². The molecule has 1 saturated heterocycles. The van der Waals surface area contributed by atoms with Crippen molar-refractivity contribution in [3.63, 3.8) is 0 Å². The number of carbonyl (C=O) groups is 2. The number of hydrogen-bond donors (Lipinski definition) is 2. The van der Waals surface area contributed by atoms with E-state index < -0.39 is 6.10 Å². The van der Waals surface area contributed by atoms with E-state index in [9.17, 15) is 14.7 Å². The fourth-order valence-electron chi connectivity index (χ4n) is 2.75. The lowest BCUT2D eigenvalue weighted by Gasteiger charge is -2.21. The van der Waals surface area contributed by atoms with Gasteiger partial charge in [0, 0.05) is 24.9 Å². The Morgan fingerprint density at radius 2 is 2.05 bits per heavy atom. The first kappa shape index (κ1) is 16.9. The molecule has 0 unspecified atom stereocenters. The van der Waals surface area contributed by atoms with Crippen LogP contribution in [0.5, 0.6) is 0 Å². The van der Waals surface area contributed by atoms with Gasteiger partial charge in [-0.05, 0) is 26.7 Å². The van der Waals surface area contributed by atoms with Crippen LogP contribution in [0.1, 0.15) is 35.3 Å². The van der Waals surface area contributed by atoms with E-state index in [1.54, 1.807) is 16.2 Å². The van der Waals surface area contributed by atoms with E-state index in [1.807, 2.05) is 13.8 Å². The van der Waals surface area contributed by atoms with Crippen LogP contribution >= 0.6 is 11.3 Å². The maximum absolute atomic E-state index is 12.5. The molecule has 2 atom stereocenters. The second-order valence-electron chi connectivity index (χ2n) is 5.75. The summed E-state index contributed by atoms with van der Waals surface area (Å²) in [7, 11) is 0. The average molecular weight is 325 g/mol. The third kappa shape index (κ3) is 4.27. The zero-order chi connectivity index (χ0) is 16.3. The van der Waals surface area contributed by atoms with E-state index in [0.717, 1.165) is 15.6 Å². The summed E-state index contributed by atoms with van der Waals surface area (Å²) < 4.78 is 0. The van der Waals surface area contributed by atoms with Gasteiger partial charge in [-0.3, -0.25) is 9.59 Å². The lowest BCUT2D eigenvalue weighted by molar-refractivity contribution is -0.130. The summed E-state index contributed by atoms with van der Waals surface area (Å²) in [5.74, 6) is -0.0954. The number of aliphatic hydroxyl groups is 1. The minimum absolute atomic E-state index is 0.0578. The smallest absolute Gasteiger partial charge is 0.227 e. The monoisotopic (exact) mass is 325 g/mol. The zero-order valence-electron chi connectivity index (χ0n) is 13.3. The SMILES string of the molecule is CC(=O)N[C@H]1CCN(C(=O)Cc2sc(C)nc2C)CC[C@@H]1O. The van der Waals surface area contributed by atoms with Crippen molar-refractivity contribution in [2.45, 2.75) is 52.2 Å². The van der Waals surface area contributed by atoms with Gasteiger partial charge in [-0.2, -0.15) is 0 Å². The molecule has 122 valence electrons. The molecule has 1 aromatic heterocycles. The van der Waals surface area contributed by atoms with Crippen molar-refractivity contribution in [3.8, 4) is 0 Å². The number of likely N-dealkylation sites (tertiary alicyclic amines) is 1. The van der Waals surface area contributed by atoms with E-state index in [1.165, 1.54) is 6.92 Å². The van der Waals surface area contributed by atoms with Crippen LogP contribution in [0.4, 0.5) is 0 Å². The molecule has 6 nitrogen and oxygen atoms in total. The highest BCUT2D eigenvalue weighted by atomic mass is 32.1. The Labute approximate surface area is 134 Å². The summed E-state index contributed by atoms with van der Waals surface area (Å²) in [5, 5.41) is 13.8. The summed E-state index contributed by atoms with van der Waals surface area (Å²) in [5.41, 5.74) is 0.918. The molecule has 2 heterocycles. The molecule has 2 amide bonds. The Morgan fingerprint density at radius 3 is 2.64 bits per heavy atom. The standard InChI is InChI=1S/C15H23N3O3S/c1-9-14(22-11(3)16-9)8-15(21)18-6-4-12(17-10(2)19)13(20)5-7-18/h12-13,20H,4-8H2,1-3H3,(H,17,19)/t12-,13-/m0/s1. The van der Waals surface area contributed by atoms with Crippen molar-refractivity contribution in [1.82, 2.24) is 15.2 Å². The van der Waals surface area contributed by atoms with Crippen LogP contribution in [0, 0.1) is 13.8 Å². The number of carbonyl (C=O) groups excluding carboxylic acids is 2. The van der Waals surface area contributed by atoms with Gasteiger partial charge in [0.1, 0.15) is 0 Å². The summed E-state index contributed by atoms with van der Waals surface area (Å²) in [6.07, 6.45) is 0.817. The largest absolute Gasteiger partial charge is 0.391 e. The first-order valence-electron chi connectivity index (χ1n) is 7.52. The molecule has 1 fully saturated rings. The number of aryl methyl sites for hydroxylation is 2. The molecule has 2 rings (SSSR count). The number of aromatic nitrogens is 1. The molecule has 0 aromatic carbocycles. The number of amides is 2. The Kier molecular flexibility index (Phi) is 5.52. The molecule has 0 saturated carbocycles. The van der Waals surface area contributed by atoms with E-state index in [2.05, 4.69) is 10.3 Å². The highest BCUT2D eigenvalue weighted by molar-refractivity contribution is 7.11. The number of nitrogens with one attached hydrogen (secondary N) is 1. The molecule has 0 radical (unpaired) electrons. The van der Waals surface area contributed by atoms with Crippen molar-refractivity contribution >= 4 is 23.2 Å². The zero-order valence-corrected chi connectivity index (χ0v) is 14.1. The van der Waals surface area contributed by atoms with Gasteiger partial charge in [0.15, 0.2) is 0 Å². The Hall–Kier alpha value is -1.47. The summed E-state index contributed by atoms with van der Waals surface area (Å²) in [6.45, 7) is 6.37. The quantitative estimate of drug-likeness (QED) is 0.861. The van der Waals surface area contributed by atoms with Crippen LogP contribution in [0.25, 0.3) is 0 Å². The molecular formula is C15H23N3O3S. The molecule has 0 aliphatic carbocycles. The number of hydrogen-bond acceptors (Lipinski definition) is 5. The number of nitrogens with zero attached hydrogens (tertiary/aromatic N) is 2. The lowest BCUT2D eigenvalue weighted by Crippen LogP contribution is -2.42. The molecule has 2 N–H and O–H groups in total. The highest BCUT2D eigenvalue weighted by Crippen LogP contribution is 2.20.